The van der Waals surface area contributed by atoms with E-state index in [-0.39, 0.29) is 36.9 Å². The molecular weight excluding hydrogens is 364 g/mol. The summed E-state index contributed by atoms with van der Waals surface area (Å²) < 4.78 is 0. The predicted octanol–water partition coefficient (Wildman–Crippen LogP) is 1.93. The van der Waals surface area contributed by atoms with Gasteiger partial charge in [0.25, 0.3) is 5.91 Å². The monoisotopic (exact) mass is 384 g/mol. The number of para-hydroxylation sites is 1. The molecule has 0 saturated carbocycles. The Bertz CT molecular complexity index is 883. The number of rotatable bonds is 3. The van der Waals surface area contributed by atoms with Gasteiger partial charge in [-0.05, 0) is 25.0 Å². The topological polar surface area (TPSA) is 73.8 Å². The maximum Gasteiger partial charge on any atom is 0.256 e. The number of carbonyl (C=O) groups is 3. The van der Waals surface area contributed by atoms with E-state index in [1.54, 1.807) is 42.4 Å². The van der Waals surface area contributed by atoms with Crippen molar-refractivity contribution in [1.82, 2.24) is 14.8 Å². The SMILES string of the molecule is CN1C(=O)CN(CC(=O)N2CCC[C@H]2c2nccs2)C(=O)c2ccccc21. The molecule has 3 amide bonds. The maximum atomic E-state index is 13.0. The van der Waals surface area contributed by atoms with Gasteiger partial charge in [-0.2, -0.15) is 0 Å². The Kier molecular flexibility index (Phi) is 4.65. The smallest absolute Gasteiger partial charge is 0.256 e. The summed E-state index contributed by atoms with van der Waals surface area (Å²) in [5.41, 5.74) is 1.01. The first-order valence-corrected chi connectivity index (χ1v) is 9.78. The number of likely N-dealkylation sites (tertiary alicyclic amines) is 1. The summed E-state index contributed by atoms with van der Waals surface area (Å²) in [6.07, 6.45) is 3.52. The molecule has 1 atom stereocenters. The molecule has 0 radical (unpaired) electrons. The van der Waals surface area contributed by atoms with Gasteiger partial charge >= 0.3 is 0 Å². The molecule has 1 saturated heterocycles. The molecule has 2 aromatic rings. The minimum atomic E-state index is -0.290. The van der Waals surface area contributed by atoms with Crippen molar-refractivity contribution in [3.8, 4) is 0 Å². The van der Waals surface area contributed by atoms with Crippen molar-refractivity contribution < 1.29 is 14.4 Å². The second kappa shape index (κ2) is 7.11. The number of fused-ring (bicyclic) bond motifs is 1. The number of likely N-dealkylation sites (N-methyl/N-ethyl adjacent to an activating group) is 1. The molecule has 140 valence electrons. The Morgan fingerprint density at radius 1 is 1.30 bits per heavy atom. The molecule has 1 aromatic heterocycles. The molecule has 4 rings (SSSR count). The first-order valence-electron chi connectivity index (χ1n) is 8.90. The van der Waals surface area contributed by atoms with Crippen molar-refractivity contribution >= 4 is 34.7 Å². The van der Waals surface area contributed by atoms with E-state index in [1.807, 2.05) is 5.38 Å². The van der Waals surface area contributed by atoms with Gasteiger partial charge in [0.05, 0.1) is 17.3 Å². The highest BCUT2D eigenvalue weighted by Gasteiger charge is 2.35. The zero-order valence-electron chi connectivity index (χ0n) is 15.0. The van der Waals surface area contributed by atoms with Crippen LogP contribution in [0.2, 0.25) is 0 Å². The Morgan fingerprint density at radius 2 is 2.11 bits per heavy atom. The van der Waals surface area contributed by atoms with Crippen LogP contribution in [-0.4, -0.2) is 59.2 Å². The molecule has 0 unspecified atom stereocenters. The largest absolute Gasteiger partial charge is 0.332 e. The van der Waals surface area contributed by atoms with Gasteiger partial charge < -0.3 is 14.7 Å². The van der Waals surface area contributed by atoms with Gasteiger partial charge in [-0.1, -0.05) is 12.1 Å². The van der Waals surface area contributed by atoms with E-state index >= 15 is 0 Å². The van der Waals surface area contributed by atoms with Crippen LogP contribution in [0.15, 0.2) is 35.8 Å². The molecule has 2 aliphatic heterocycles. The fraction of sp³-hybridized carbons (Fsp3) is 0.368. The number of hydrogen-bond acceptors (Lipinski definition) is 5. The molecule has 0 N–H and O–H groups in total. The van der Waals surface area contributed by atoms with E-state index in [2.05, 4.69) is 4.98 Å². The number of aromatic nitrogens is 1. The summed E-state index contributed by atoms with van der Waals surface area (Å²) >= 11 is 1.54. The normalized spacial score (nSPS) is 20.0. The highest BCUT2D eigenvalue weighted by Crippen LogP contribution is 2.33. The highest BCUT2D eigenvalue weighted by atomic mass is 32.1. The van der Waals surface area contributed by atoms with Crippen LogP contribution in [-0.2, 0) is 9.59 Å². The summed E-state index contributed by atoms with van der Waals surface area (Å²) in [6, 6.07) is 6.96. The molecule has 0 aliphatic carbocycles. The first kappa shape index (κ1) is 17.7. The molecular formula is C19H20N4O3S. The Balaban J connectivity index is 1.56. The molecule has 27 heavy (non-hydrogen) atoms. The minimum absolute atomic E-state index is 0.0368. The summed E-state index contributed by atoms with van der Waals surface area (Å²) in [4.78, 5) is 47.4. The van der Waals surface area contributed by atoms with Crippen molar-refractivity contribution in [3.05, 3.63) is 46.4 Å². The molecule has 0 bridgehead atoms. The minimum Gasteiger partial charge on any atom is -0.332 e. The summed E-state index contributed by atoms with van der Waals surface area (Å²) in [7, 11) is 1.65. The molecule has 0 spiro atoms. The Morgan fingerprint density at radius 3 is 2.89 bits per heavy atom. The van der Waals surface area contributed by atoms with Gasteiger partial charge in [-0.25, -0.2) is 4.98 Å². The number of anilines is 1. The van der Waals surface area contributed by atoms with E-state index in [1.165, 1.54) is 21.1 Å². The number of nitrogens with zero attached hydrogens (tertiary/aromatic N) is 4. The fourth-order valence-corrected chi connectivity index (χ4v) is 4.48. The van der Waals surface area contributed by atoms with E-state index in [4.69, 9.17) is 0 Å². The van der Waals surface area contributed by atoms with Crippen LogP contribution >= 0.6 is 11.3 Å². The quantitative estimate of drug-likeness (QED) is 0.810. The van der Waals surface area contributed by atoms with Gasteiger partial charge in [0.15, 0.2) is 0 Å². The van der Waals surface area contributed by atoms with Crippen LogP contribution in [0.3, 0.4) is 0 Å². The Labute approximate surface area is 161 Å². The van der Waals surface area contributed by atoms with Crippen molar-refractivity contribution in [2.45, 2.75) is 18.9 Å². The summed E-state index contributed by atoms with van der Waals surface area (Å²) in [5, 5.41) is 2.82. The lowest BCUT2D eigenvalue weighted by Crippen LogP contribution is -2.45. The zero-order chi connectivity index (χ0) is 19.0. The maximum absolute atomic E-state index is 13.0. The molecule has 2 aliphatic rings. The second-order valence-corrected chi connectivity index (χ2v) is 7.67. The van der Waals surface area contributed by atoms with Crippen molar-refractivity contribution in [1.29, 1.82) is 0 Å². The van der Waals surface area contributed by atoms with E-state index in [9.17, 15) is 14.4 Å². The second-order valence-electron chi connectivity index (χ2n) is 6.75. The van der Waals surface area contributed by atoms with Crippen molar-refractivity contribution in [2.24, 2.45) is 0 Å². The third-order valence-electron chi connectivity index (χ3n) is 5.12. The number of carbonyl (C=O) groups excluding carboxylic acids is 3. The number of thiazole rings is 1. The standard InChI is InChI=1S/C19H20N4O3S/c1-21-14-6-3-2-5-13(14)19(26)22(11-16(21)24)12-17(25)23-9-4-7-15(23)18-20-8-10-27-18/h2-3,5-6,8,10,15H,4,7,9,11-12H2,1H3/t15-/m0/s1. The molecule has 8 heteroatoms. The van der Waals surface area contributed by atoms with Crippen LogP contribution in [0, 0.1) is 0 Å². The van der Waals surface area contributed by atoms with Crippen LogP contribution in [0.25, 0.3) is 0 Å². The predicted molar refractivity (Wildman–Crippen MR) is 102 cm³/mol. The van der Waals surface area contributed by atoms with Crippen LogP contribution < -0.4 is 4.90 Å². The molecule has 1 aromatic carbocycles. The van der Waals surface area contributed by atoms with Gasteiger partial charge in [-0.3, -0.25) is 14.4 Å². The van der Waals surface area contributed by atoms with Gasteiger partial charge in [0, 0.05) is 25.2 Å². The highest BCUT2D eigenvalue weighted by molar-refractivity contribution is 7.09. The third kappa shape index (κ3) is 3.21. The van der Waals surface area contributed by atoms with Gasteiger partial charge in [0.2, 0.25) is 11.8 Å². The average Bonchev–Trinajstić information content (AvgIpc) is 3.35. The van der Waals surface area contributed by atoms with Crippen LogP contribution in [0.4, 0.5) is 5.69 Å². The van der Waals surface area contributed by atoms with Crippen LogP contribution in [0.5, 0.6) is 0 Å². The van der Waals surface area contributed by atoms with E-state index in [0.717, 1.165) is 17.8 Å². The van der Waals surface area contributed by atoms with Gasteiger partial charge in [0.1, 0.15) is 18.1 Å². The van der Waals surface area contributed by atoms with Crippen LogP contribution in [0.1, 0.15) is 34.2 Å². The number of benzene rings is 1. The number of hydrogen-bond donors (Lipinski definition) is 0. The average molecular weight is 384 g/mol. The zero-order valence-corrected chi connectivity index (χ0v) is 15.8. The molecule has 7 nitrogen and oxygen atoms in total. The summed E-state index contributed by atoms with van der Waals surface area (Å²) in [6.45, 7) is 0.440. The van der Waals surface area contributed by atoms with E-state index < -0.39 is 0 Å². The van der Waals surface area contributed by atoms with Crippen molar-refractivity contribution in [3.63, 3.8) is 0 Å². The summed E-state index contributed by atoms with van der Waals surface area (Å²) in [5.74, 6) is -0.642. The number of amides is 3. The fourth-order valence-electron chi connectivity index (χ4n) is 3.70. The first-order chi connectivity index (χ1) is 13.1. The lowest BCUT2D eigenvalue weighted by molar-refractivity contribution is -0.133. The lowest BCUT2D eigenvalue weighted by Gasteiger charge is -2.27. The lowest BCUT2D eigenvalue weighted by atomic mass is 10.1. The molecule has 3 heterocycles. The molecule has 1 fully saturated rings. The van der Waals surface area contributed by atoms with Gasteiger partial charge in [-0.15, -0.1) is 11.3 Å². The Hall–Kier alpha value is -2.74. The van der Waals surface area contributed by atoms with E-state index in [0.29, 0.717) is 17.8 Å². The third-order valence-corrected chi connectivity index (χ3v) is 6.00. The van der Waals surface area contributed by atoms with Crippen molar-refractivity contribution in [2.75, 3.05) is 31.6 Å².